The molecule has 1 atom stereocenters. The third kappa shape index (κ3) is 4.89. The number of rotatable bonds is 5. The predicted octanol–water partition coefficient (Wildman–Crippen LogP) is 3.36. The second-order valence-corrected chi connectivity index (χ2v) is 8.95. The largest absolute Gasteiger partial charge is 0.481 e. The Morgan fingerprint density at radius 2 is 1.97 bits per heavy atom. The highest BCUT2D eigenvalue weighted by molar-refractivity contribution is 5.92. The number of likely N-dealkylation sites (tertiary alicyclic amines) is 1. The van der Waals surface area contributed by atoms with Crippen LogP contribution in [-0.2, 0) is 19.1 Å². The quantitative estimate of drug-likeness (QED) is 0.503. The summed E-state index contributed by atoms with van der Waals surface area (Å²) in [6, 6.07) is 1.04. The van der Waals surface area contributed by atoms with Gasteiger partial charge in [-0.3, -0.25) is 4.79 Å². The molecule has 3 aromatic rings. The van der Waals surface area contributed by atoms with Crippen molar-refractivity contribution in [2.45, 2.75) is 45.5 Å². The van der Waals surface area contributed by atoms with E-state index in [0.29, 0.717) is 61.2 Å². The number of ether oxygens (including phenoxy) is 2. The second kappa shape index (κ2) is 9.52. The topological polar surface area (TPSA) is 107 Å². The van der Waals surface area contributed by atoms with Crippen LogP contribution in [0, 0.1) is 13.8 Å². The summed E-state index contributed by atoms with van der Waals surface area (Å²) in [5.41, 5.74) is 1.39. The highest BCUT2D eigenvalue weighted by atomic mass is 19.4. The summed E-state index contributed by atoms with van der Waals surface area (Å²) in [5.74, 6) is 0.293. The molecule has 0 radical (unpaired) electrons. The molecule has 0 saturated carbocycles. The van der Waals surface area contributed by atoms with Crippen LogP contribution in [0.4, 0.5) is 18.9 Å². The Labute approximate surface area is 210 Å². The highest BCUT2D eigenvalue weighted by Gasteiger charge is 2.37. The molecule has 1 fully saturated rings. The molecule has 5 heterocycles. The molecule has 2 aliphatic heterocycles. The average Bonchev–Trinajstić information content (AvgIpc) is 3.48. The lowest BCUT2D eigenvalue weighted by Gasteiger charge is -2.31. The molecule has 10 nitrogen and oxygen atoms in total. The van der Waals surface area contributed by atoms with E-state index in [1.165, 1.54) is 12.5 Å². The predicted molar refractivity (Wildman–Crippen MR) is 123 cm³/mol. The van der Waals surface area contributed by atoms with Gasteiger partial charge >= 0.3 is 6.18 Å². The van der Waals surface area contributed by atoms with Gasteiger partial charge in [0, 0.05) is 32.9 Å². The number of alkyl halides is 3. The van der Waals surface area contributed by atoms with Crippen molar-refractivity contribution in [1.82, 2.24) is 24.8 Å². The van der Waals surface area contributed by atoms with E-state index < -0.39 is 17.6 Å². The molecular formula is C24H25F3N6O4. The van der Waals surface area contributed by atoms with E-state index in [2.05, 4.69) is 19.9 Å². The second-order valence-electron chi connectivity index (χ2n) is 8.95. The van der Waals surface area contributed by atoms with E-state index in [1.54, 1.807) is 23.6 Å². The molecule has 37 heavy (non-hydrogen) atoms. The van der Waals surface area contributed by atoms with E-state index in [-0.39, 0.29) is 24.3 Å². The SMILES string of the molecule is COc1ncc(N2CCc3ncnc(O[C@H]4CCN(C(=O)c5oc(C)nc5C)C4)c3C2)cc1C(F)(F)F. The van der Waals surface area contributed by atoms with Crippen molar-refractivity contribution >= 4 is 11.6 Å². The standard InChI is InChI=1S/C24H25F3N6O4/c1-13-20(36-14(2)31-13)23(34)33-6-4-16(10-33)37-21-17-11-32(7-5-19(17)29-12-30-21)15-8-18(24(25,26)27)22(35-3)28-9-15/h8-9,12,16H,4-7,10-11H2,1-3H3/t16-/m0/s1. The van der Waals surface area contributed by atoms with Crippen LogP contribution in [0.25, 0.3) is 0 Å². The van der Waals surface area contributed by atoms with E-state index in [1.807, 2.05) is 0 Å². The molecule has 2 aliphatic rings. The molecule has 5 rings (SSSR count). The number of aromatic nitrogens is 4. The van der Waals surface area contributed by atoms with Crippen molar-refractivity contribution in [2.75, 3.05) is 31.6 Å². The summed E-state index contributed by atoms with van der Waals surface area (Å²) < 4.78 is 57.0. The maximum Gasteiger partial charge on any atom is 0.421 e. The Morgan fingerprint density at radius 1 is 1.16 bits per heavy atom. The zero-order valence-electron chi connectivity index (χ0n) is 20.5. The lowest BCUT2D eigenvalue weighted by atomic mass is 10.1. The first-order valence-corrected chi connectivity index (χ1v) is 11.7. The number of methoxy groups -OCH3 is 1. The fourth-order valence-electron chi connectivity index (χ4n) is 4.66. The van der Waals surface area contributed by atoms with E-state index in [4.69, 9.17) is 13.9 Å². The van der Waals surface area contributed by atoms with Gasteiger partial charge in [0.25, 0.3) is 5.91 Å². The number of halogens is 3. The first kappa shape index (κ1) is 24.8. The highest BCUT2D eigenvalue weighted by Crippen LogP contribution is 2.38. The van der Waals surface area contributed by atoms with Crippen LogP contribution < -0.4 is 14.4 Å². The monoisotopic (exact) mass is 518 g/mol. The summed E-state index contributed by atoms with van der Waals surface area (Å²) in [5, 5.41) is 0. The molecule has 0 N–H and O–H groups in total. The maximum atomic E-state index is 13.5. The van der Waals surface area contributed by atoms with E-state index in [9.17, 15) is 18.0 Å². The molecule has 3 aromatic heterocycles. The Bertz CT molecular complexity index is 1330. The number of nitrogens with zero attached hydrogens (tertiary/aromatic N) is 6. The molecule has 0 spiro atoms. The summed E-state index contributed by atoms with van der Waals surface area (Å²) in [6.07, 6.45) is -1.04. The van der Waals surface area contributed by atoms with Gasteiger partial charge in [0.15, 0.2) is 5.89 Å². The Morgan fingerprint density at radius 3 is 2.68 bits per heavy atom. The molecule has 0 unspecified atom stereocenters. The number of oxazole rings is 1. The minimum absolute atomic E-state index is 0.222. The van der Waals surface area contributed by atoms with E-state index >= 15 is 0 Å². The Hall–Kier alpha value is -3.90. The maximum absolute atomic E-state index is 13.5. The van der Waals surface area contributed by atoms with Crippen molar-refractivity contribution in [3.8, 4) is 11.8 Å². The van der Waals surface area contributed by atoms with Crippen molar-refractivity contribution in [1.29, 1.82) is 0 Å². The minimum atomic E-state index is -4.60. The lowest BCUT2D eigenvalue weighted by Crippen LogP contribution is -2.33. The number of pyridine rings is 1. The molecule has 1 amide bonds. The molecule has 0 aliphatic carbocycles. The van der Waals surface area contributed by atoms with Gasteiger partial charge in [-0.05, 0) is 13.0 Å². The lowest BCUT2D eigenvalue weighted by molar-refractivity contribution is -0.139. The number of amides is 1. The first-order chi connectivity index (χ1) is 17.6. The summed E-state index contributed by atoms with van der Waals surface area (Å²) in [4.78, 5) is 33.0. The molecule has 1 saturated heterocycles. The number of hydrogen-bond acceptors (Lipinski definition) is 9. The van der Waals surface area contributed by atoms with Gasteiger partial charge in [-0.2, -0.15) is 13.2 Å². The van der Waals surface area contributed by atoms with Crippen molar-refractivity contribution in [2.24, 2.45) is 0 Å². The van der Waals surface area contributed by atoms with Crippen LogP contribution in [0.15, 0.2) is 23.0 Å². The first-order valence-electron chi connectivity index (χ1n) is 11.7. The van der Waals surface area contributed by atoms with Crippen LogP contribution in [0.2, 0.25) is 0 Å². The third-order valence-electron chi connectivity index (χ3n) is 6.47. The number of hydrogen-bond donors (Lipinski definition) is 0. The van der Waals surface area contributed by atoms with Crippen LogP contribution in [-0.4, -0.2) is 63.6 Å². The normalized spacial score (nSPS) is 17.6. The molecule has 0 bridgehead atoms. The Kier molecular flexibility index (Phi) is 6.38. The van der Waals surface area contributed by atoms with Crippen LogP contribution in [0.1, 0.15) is 45.4 Å². The zero-order chi connectivity index (χ0) is 26.3. The number of anilines is 1. The minimum Gasteiger partial charge on any atom is -0.481 e. The molecule has 13 heteroatoms. The summed E-state index contributed by atoms with van der Waals surface area (Å²) in [7, 11) is 1.15. The summed E-state index contributed by atoms with van der Waals surface area (Å²) >= 11 is 0. The van der Waals surface area contributed by atoms with Crippen molar-refractivity contribution < 1.29 is 31.9 Å². The van der Waals surface area contributed by atoms with Gasteiger partial charge < -0.3 is 23.7 Å². The number of fused-ring (bicyclic) bond motifs is 1. The molecular weight excluding hydrogens is 493 g/mol. The molecule has 0 aromatic carbocycles. The number of aryl methyl sites for hydroxylation is 2. The van der Waals surface area contributed by atoms with Gasteiger partial charge in [0.2, 0.25) is 17.5 Å². The van der Waals surface area contributed by atoms with Crippen LogP contribution in [0.3, 0.4) is 0 Å². The van der Waals surface area contributed by atoms with Gasteiger partial charge in [-0.15, -0.1) is 0 Å². The fourth-order valence-corrected chi connectivity index (χ4v) is 4.66. The smallest absolute Gasteiger partial charge is 0.421 e. The van der Waals surface area contributed by atoms with E-state index in [0.717, 1.165) is 18.9 Å². The van der Waals surface area contributed by atoms with Crippen molar-refractivity contribution in [3.05, 3.63) is 52.8 Å². The van der Waals surface area contributed by atoms with Crippen LogP contribution in [0.5, 0.6) is 11.8 Å². The Balaban J connectivity index is 1.32. The van der Waals surface area contributed by atoms with Gasteiger partial charge in [0.05, 0.1) is 49.0 Å². The van der Waals surface area contributed by atoms with Crippen molar-refractivity contribution in [3.63, 3.8) is 0 Å². The zero-order valence-corrected chi connectivity index (χ0v) is 20.5. The number of carbonyl (C=O) groups is 1. The molecule has 196 valence electrons. The number of carbonyl (C=O) groups excluding carboxylic acids is 1. The van der Waals surface area contributed by atoms with Gasteiger partial charge in [-0.25, -0.2) is 19.9 Å². The van der Waals surface area contributed by atoms with Gasteiger partial charge in [-0.1, -0.05) is 0 Å². The summed E-state index contributed by atoms with van der Waals surface area (Å²) in [6.45, 7) is 4.95. The third-order valence-corrected chi connectivity index (χ3v) is 6.47. The fraction of sp³-hybridized carbons (Fsp3) is 0.458. The van der Waals surface area contributed by atoms with Crippen LogP contribution >= 0.6 is 0 Å². The average molecular weight is 518 g/mol. The van der Waals surface area contributed by atoms with Gasteiger partial charge in [0.1, 0.15) is 18.0 Å².